The predicted molar refractivity (Wildman–Crippen MR) is 143 cm³/mol. The van der Waals surface area contributed by atoms with Gasteiger partial charge in [-0.1, -0.05) is 29.5 Å². The number of rotatable bonds is 8. The number of carbonyl (C=O) groups is 1. The molecular formula is C26H31N5O5S. The van der Waals surface area contributed by atoms with Crippen molar-refractivity contribution in [1.82, 2.24) is 24.2 Å². The van der Waals surface area contributed by atoms with E-state index >= 15 is 0 Å². The molecule has 196 valence electrons. The molecular weight excluding hydrogens is 494 g/mol. The van der Waals surface area contributed by atoms with E-state index in [0.717, 1.165) is 4.57 Å². The lowest BCUT2D eigenvalue weighted by atomic mass is 10.0. The van der Waals surface area contributed by atoms with Crippen molar-refractivity contribution in [2.24, 2.45) is 0 Å². The Kier molecular flexibility index (Phi) is 7.11. The van der Waals surface area contributed by atoms with Gasteiger partial charge in [-0.3, -0.25) is 14.2 Å². The Labute approximate surface area is 217 Å². The number of ether oxygens (including phenoxy) is 1. The molecule has 0 aliphatic carbocycles. The molecule has 1 aromatic carbocycles. The molecule has 11 heteroatoms. The number of aryl methyl sites for hydroxylation is 1. The molecule has 0 unspecified atom stereocenters. The molecule has 3 heterocycles. The van der Waals surface area contributed by atoms with Crippen LogP contribution in [0.5, 0.6) is 5.75 Å². The van der Waals surface area contributed by atoms with Crippen LogP contribution in [0.3, 0.4) is 0 Å². The fourth-order valence-electron chi connectivity index (χ4n) is 4.35. The Hall–Kier alpha value is -3.70. The van der Waals surface area contributed by atoms with E-state index in [-0.39, 0.29) is 12.6 Å². The molecule has 4 aromatic rings. The third-order valence-corrected chi connectivity index (χ3v) is 7.59. The normalized spacial score (nSPS) is 12.8. The van der Waals surface area contributed by atoms with Crippen LogP contribution in [0.1, 0.15) is 44.9 Å². The van der Waals surface area contributed by atoms with Crippen LogP contribution in [0.4, 0.5) is 0 Å². The smallest absolute Gasteiger partial charge is 0.333 e. The molecule has 3 aromatic heterocycles. The van der Waals surface area contributed by atoms with Crippen LogP contribution in [-0.2, 0) is 16.9 Å². The minimum Gasteiger partial charge on any atom is -0.496 e. The second-order valence-electron chi connectivity index (χ2n) is 9.64. The number of thiophene rings is 1. The first-order valence-electron chi connectivity index (χ1n) is 11.9. The number of aliphatic hydroxyl groups excluding tert-OH is 1. The molecule has 0 radical (unpaired) electrons. The molecule has 1 amide bonds. The number of hydrogen-bond donors (Lipinski definition) is 2. The summed E-state index contributed by atoms with van der Waals surface area (Å²) in [6.07, 6.45) is 2.26. The average Bonchev–Trinajstić information content (AvgIpc) is 3.49. The van der Waals surface area contributed by atoms with Crippen LogP contribution >= 0.6 is 11.3 Å². The Bertz CT molecular complexity index is 1560. The predicted octanol–water partition coefficient (Wildman–Crippen LogP) is 2.72. The van der Waals surface area contributed by atoms with Crippen molar-refractivity contribution in [3.63, 3.8) is 0 Å². The number of methoxy groups -OCH3 is 1. The lowest BCUT2D eigenvalue weighted by Gasteiger charge is -2.28. The van der Waals surface area contributed by atoms with Gasteiger partial charge in [-0.25, -0.2) is 14.0 Å². The first-order chi connectivity index (χ1) is 17.5. The Morgan fingerprint density at radius 1 is 1.22 bits per heavy atom. The van der Waals surface area contributed by atoms with Crippen molar-refractivity contribution in [1.29, 1.82) is 0 Å². The Morgan fingerprint density at radius 3 is 2.54 bits per heavy atom. The number of fused-ring (bicyclic) bond motifs is 1. The van der Waals surface area contributed by atoms with Gasteiger partial charge in [-0.05, 0) is 46.8 Å². The third kappa shape index (κ3) is 4.60. The zero-order valence-electron chi connectivity index (χ0n) is 21.7. The maximum absolute atomic E-state index is 14.0. The van der Waals surface area contributed by atoms with E-state index in [4.69, 9.17) is 4.74 Å². The summed E-state index contributed by atoms with van der Waals surface area (Å²) in [5.74, 6) is 0.0157. The molecule has 1 atom stereocenters. The number of carbonyl (C=O) groups excluding carboxylic acids is 1. The SMILES string of the molecule is COc1ccccc1[C@@H](O)Cn1c(=O)n(C(C)(C)C(=O)NC(C)C)c(=O)c2c(C)c(-n3cccn3)sc21. The molecule has 0 spiro atoms. The number of para-hydroxylation sites is 1. The van der Waals surface area contributed by atoms with E-state index in [1.54, 1.807) is 68.2 Å². The number of hydrogen-bond acceptors (Lipinski definition) is 7. The van der Waals surface area contributed by atoms with Crippen LogP contribution in [0.25, 0.3) is 15.2 Å². The largest absolute Gasteiger partial charge is 0.496 e. The van der Waals surface area contributed by atoms with Gasteiger partial charge >= 0.3 is 5.69 Å². The van der Waals surface area contributed by atoms with Crippen molar-refractivity contribution >= 4 is 27.5 Å². The summed E-state index contributed by atoms with van der Waals surface area (Å²) >= 11 is 1.23. The van der Waals surface area contributed by atoms with E-state index in [2.05, 4.69) is 10.4 Å². The van der Waals surface area contributed by atoms with Crippen molar-refractivity contribution in [3.8, 4) is 10.8 Å². The molecule has 0 fully saturated rings. The maximum atomic E-state index is 14.0. The van der Waals surface area contributed by atoms with E-state index in [0.29, 0.717) is 32.1 Å². The van der Waals surface area contributed by atoms with Gasteiger partial charge in [0.25, 0.3) is 5.56 Å². The van der Waals surface area contributed by atoms with Crippen LogP contribution in [0.2, 0.25) is 0 Å². The molecule has 2 N–H and O–H groups in total. The number of aliphatic hydroxyl groups is 1. The quantitative estimate of drug-likeness (QED) is 0.365. The Balaban J connectivity index is 2.00. The van der Waals surface area contributed by atoms with Gasteiger partial charge in [0, 0.05) is 29.6 Å². The van der Waals surface area contributed by atoms with Crippen LogP contribution < -0.4 is 21.3 Å². The summed E-state index contributed by atoms with van der Waals surface area (Å²) < 4.78 is 9.37. The first-order valence-corrected chi connectivity index (χ1v) is 12.7. The van der Waals surface area contributed by atoms with Gasteiger partial charge < -0.3 is 15.2 Å². The number of nitrogens with one attached hydrogen (secondary N) is 1. The van der Waals surface area contributed by atoms with E-state index in [1.165, 1.54) is 36.9 Å². The molecule has 37 heavy (non-hydrogen) atoms. The summed E-state index contributed by atoms with van der Waals surface area (Å²) in [6.45, 7) is 8.32. The van der Waals surface area contributed by atoms with Crippen molar-refractivity contribution < 1.29 is 14.6 Å². The highest BCUT2D eigenvalue weighted by atomic mass is 32.1. The minimum absolute atomic E-state index is 0.156. The fraction of sp³-hybridized carbons (Fsp3) is 0.385. The van der Waals surface area contributed by atoms with Crippen LogP contribution in [0, 0.1) is 6.92 Å². The number of nitrogens with zero attached hydrogens (tertiary/aromatic N) is 4. The molecule has 0 saturated heterocycles. The maximum Gasteiger partial charge on any atom is 0.333 e. The zero-order valence-corrected chi connectivity index (χ0v) is 22.5. The standard InChI is InChI=1S/C26H31N5O5S/c1-15(2)28-24(34)26(4,5)31-21(33)20-16(3)22(30-13-9-12-27-30)37-23(20)29(25(31)35)14-18(32)17-10-7-8-11-19(17)36-6/h7-13,15,18,32H,14H2,1-6H3,(H,28,34)/t18-/m0/s1. The number of benzene rings is 1. The molecule has 0 aliphatic heterocycles. The highest BCUT2D eigenvalue weighted by Gasteiger charge is 2.36. The average molecular weight is 526 g/mol. The number of aromatic nitrogens is 4. The van der Waals surface area contributed by atoms with Crippen LogP contribution in [-0.4, -0.2) is 43.1 Å². The second-order valence-corrected chi connectivity index (χ2v) is 10.6. The third-order valence-electron chi connectivity index (χ3n) is 6.29. The van der Waals surface area contributed by atoms with E-state index < -0.39 is 28.8 Å². The molecule has 0 aliphatic rings. The van der Waals surface area contributed by atoms with Gasteiger partial charge in [-0.15, -0.1) is 0 Å². The molecule has 0 bridgehead atoms. The molecule has 4 rings (SSSR count). The van der Waals surface area contributed by atoms with E-state index in [1.807, 2.05) is 0 Å². The second kappa shape index (κ2) is 9.98. The molecule has 10 nitrogen and oxygen atoms in total. The first kappa shape index (κ1) is 26.4. The zero-order chi connectivity index (χ0) is 27.1. The summed E-state index contributed by atoms with van der Waals surface area (Å²) in [4.78, 5) is 41.3. The minimum atomic E-state index is -1.50. The molecule has 0 saturated carbocycles. The summed E-state index contributed by atoms with van der Waals surface area (Å²) in [5, 5.41) is 19.3. The lowest BCUT2D eigenvalue weighted by molar-refractivity contribution is -0.129. The summed E-state index contributed by atoms with van der Waals surface area (Å²) in [5.41, 5.74) is -1.63. The highest BCUT2D eigenvalue weighted by molar-refractivity contribution is 7.21. The van der Waals surface area contributed by atoms with Crippen molar-refractivity contribution in [2.45, 2.75) is 58.8 Å². The lowest BCUT2D eigenvalue weighted by Crippen LogP contribution is -2.56. The van der Waals surface area contributed by atoms with Crippen LogP contribution in [0.15, 0.2) is 52.3 Å². The van der Waals surface area contributed by atoms with Crippen molar-refractivity contribution in [2.75, 3.05) is 7.11 Å². The Morgan fingerprint density at radius 2 is 1.92 bits per heavy atom. The van der Waals surface area contributed by atoms with E-state index in [9.17, 15) is 19.5 Å². The van der Waals surface area contributed by atoms with Gasteiger partial charge in [0.2, 0.25) is 5.91 Å². The summed E-state index contributed by atoms with van der Waals surface area (Å²) in [7, 11) is 1.50. The monoisotopic (exact) mass is 525 g/mol. The number of amides is 1. The van der Waals surface area contributed by atoms with Gasteiger partial charge in [0.05, 0.1) is 19.0 Å². The van der Waals surface area contributed by atoms with Crippen molar-refractivity contribution in [3.05, 3.63) is 74.7 Å². The topological polar surface area (TPSA) is 120 Å². The van der Waals surface area contributed by atoms with Gasteiger partial charge in [-0.2, -0.15) is 5.10 Å². The summed E-state index contributed by atoms with van der Waals surface area (Å²) in [6, 6.07) is 8.58. The van der Waals surface area contributed by atoms with Gasteiger partial charge in [0.1, 0.15) is 27.2 Å². The van der Waals surface area contributed by atoms with Gasteiger partial charge in [0.15, 0.2) is 0 Å². The fourth-order valence-corrected chi connectivity index (χ4v) is 5.59. The highest BCUT2D eigenvalue weighted by Crippen LogP contribution is 2.33.